The molecule has 1 aromatic heterocycles. The fourth-order valence-electron chi connectivity index (χ4n) is 8.05. The van der Waals surface area contributed by atoms with Gasteiger partial charge in [-0.2, -0.15) is 5.10 Å². The molecule has 2 aromatic carbocycles. The van der Waals surface area contributed by atoms with Crippen LogP contribution < -0.4 is 10.6 Å². The van der Waals surface area contributed by atoms with Crippen LogP contribution in [0.25, 0.3) is 0 Å². The SMILES string of the molecule is O=C([C@@H](Cc1ccc(Cl)cc1)N[C@H]1CC[C@@H](Nc2ccc(F)cc2O)CC1)N1CCC(Cn2cncn2)(C2CCCCC2)CC1. The Morgan fingerprint density at radius 1 is 1.00 bits per heavy atom. The van der Waals surface area contributed by atoms with Gasteiger partial charge in [-0.05, 0) is 98.9 Å². The molecular formula is C35H46ClFN6O2. The molecule has 1 saturated heterocycles. The van der Waals surface area contributed by atoms with Crippen LogP contribution in [0.1, 0.15) is 76.2 Å². The molecule has 3 aromatic rings. The normalized spacial score (nSPS) is 23.0. The van der Waals surface area contributed by atoms with Crippen LogP contribution in [0.3, 0.4) is 0 Å². The quantitative estimate of drug-likeness (QED) is 0.217. The third-order valence-electron chi connectivity index (χ3n) is 10.6. The van der Waals surface area contributed by atoms with Crippen molar-refractivity contribution in [1.29, 1.82) is 0 Å². The summed E-state index contributed by atoms with van der Waals surface area (Å²) in [6, 6.07) is 12.0. The fraction of sp³-hybridized carbons (Fsp3) is 0.571. The predicted molar refractivity (Wildman–Crippen MR) is 175 cm³/mol. The molecule has 0 unspecified atom stereocenters. The number of nitrogens with zero attached hydrogens (tertiary/aromatic N) is 4. The Labute approximate surface area is 270 Å². The molecule has 1 amide bonds. The van der Waals surface area contributed by atoms with Gasteiger partial charge in [-0.1, -0.05) is 43.0 Å². The number of likely N-dealkylation sites (tertiary alicyclic amines) is 1. The van der Waals surface area contributed by atoms with E-state index >= 15 is 0 Å². The first kappa shape index (κ1) is 31.8. The molecule has 3 N–H and O–H groups in total. The number of phenols is 1. The number of hydrogen-bond donors (Lipinski definition) is 3. The number of hydrogen-bond acceptors (Lipinski definition) is 6. The molecule has 1 aliphatic heterocycles. The second-order valence-electron chi connectivity index (χ2n) is 13.5. The van der Waals surface area contributed by atoms with Crippen LogP contribution in [0.15, 0.2) is 55.1 Å². The number of carbonyl (C=O) groups excluding carboxylic acids is 1. The summed E-state index contributed by atoms with van der Waals surface area (Å²) in [4.78, 5) is 20.6. The average molecular weight is 637 g/mol. The molecule has 10 heteroatoms. The maximum Gasteiger partial charge on any atom is 0.240 e. The summed E-state index contributed by atoms with van der Waals surface area (Å²) >= 11 is 6.18. The van der Waals surface area contributed by atoms with E-state index in [4.69, 9.17) is 11.6 Å². The van der Waals surface area contributed by atoms with E-state index in [1.165, 1.54) is 38.2 Å². The number of aromatic hydroxyl groups is 1. The first-order valence-electron chi connectivity index (χ1n) is 16.7. The van der Waals surface area contributed by atoms with Gasteiger partial charge in [0.1, 0.15) is 24.2 Å². The molecule has 2 aliphatic carbocycles. The van der Waals surface area contributed by atoms with Crippen LogP contribution in [-0.4, -0.2) is 61.9 Å². The van der Waals surface area contributed by atoms with Crippen LogP contribution >= 0.6 is 11.6 Å². The van der Waals surface area contributed by atoms with Crippen LogP contribution in [-0.2, 0) is 17.8 Å². The summed E-state index contributed by atoms with van der Waals surface area (Å²) in [6.45, 7) is 2.40. The number of anilines is 1. The van der Waals surface area contributed by atoms with Gasteiger partial charge in [-0.3, -0.25) is 9.48 Å². The zero-order valence-corrected chi connectivity index (χ0v) is 26.8. The fourth-order valence-corrected chi connectivity index (χ4v) is 8.18. The number of benzene rings is 2. The lowest BCUT2D eigenvalue weighted by Crippen LogP contribution is -2.55. The number of nitrogens with one attached hydrogen (secondary N) is 2. The highest BCUT2D eigenvalue weighted by Gasteiger charge is 2.44. The molecule has 2 saturated carbocycles. The second-order valence-corrected chi connectivity index (χ2v) is 14.0. The van der Waals surface area contributed by atoms with Crippen molar-refractivity contribution < 1.29 is 14.3 Å². The largest absolute Gasteiger partial charge is 0.506 e. The summed E-state index contributed by atoms with van der Waals surface area (Å²) in [5.41, 5.74) is 1.79. The van der Waals surface area contributed by atoms with Gasteiger partial charge in [-0.25, -0.2) is 9.37 Å². The summed E-state index contributed by atoms with van der Waals surface area (Å²) < 4.78 is 15.4. The maximum atomic E-state index is 14.3. The molecule has 6 rings (SSSR count). The van der Waals surface area contributed by atoms with Gasteiger partial charge in [0.05, 0.1) is 11.7 Å². The number of amides is 1. The Hall–Kier alpha value is -3.17. The minimum Gasteiger partial charge on any atom is -0.506 e. The average Bonchev–Trinajstić information content (AvgIpc) is 3.57. The number of piperidine rings is 1. The van der Waals surface area contributed by atoms with Crippen molar-refractivity contribution >= 4 is 23.2 Å². The van der Waals surface area contributed by atoms with Gasteiger partial charge in [0.2, 0.25) is 5.91 Å². The maximum absolute atomic E-state index is 14.3. The highest BCUT2D eigenvalue weighted by atomic mass is 35.5. The smallest absolute Gasteiger partial charge is 0.240 e. The Morgan fingerprint density at radius 2 is 1.71 bits per heavy atom. The van der Waals surface area contributed by atoms with Crippen molar-refractivity contribution in [3.05, 3.63) is 71.5 Å². The number of halogens is 2. The minimum atomic E-state index is -0.453. The van der Waals surface area contributed by atoms with Gasteiger partial charge in [0.25, 0.3) is 0 Å². The first-order valence-corrected chi connectivity index (χ1v) is 17.1. The lowest BCUT2D eigenvalue weighted by molar-refractivity contribution is -0.137. The molecular weight excluding hydrogens is 591 g/mol. The van der Waals surface area contributed by atoms with E-state index < -0.39 is 5.82 Å². The van der Waals surface area contributed by atoms with Crippen molar-refractivity contribution in [3.8, 4) is 5.75 Å². The Balaban J connectivity index is 1.11. The molecule has 3 fully saturated rings. The number of aromatic nitrogens is 3. The van der Waals surface area contributed by atoms with Gasteiger partial charge < -0.3 is 20.6 Å². The molecule has 0 spiro atoms. The van der Waals surface area contributed by atoms with Gasteiger partial charge in [-0.15, -0.1) is 0 Å². The van der Waals surface area contributed by atoms with Crippen LogP contribution in [0.4, 0.5) is 10.1 Å². The van der Waals surface area contributed by atoms with Crippen molar-refractivity contribution in [2.45, 2.75) is 102 Å². The molecule has 1 atom stereocenters. The van der Waals surface area contributed by atoms with Crippen LogP contribution in [0, 0.1) is 17.2 Å². The van der Waals surface area contributed by atoms with Crippen molar-refractivity contribution in [2.24, 2.45) is 11.3 Å². The van der Waals surface area contributed by atoms with Crippen molar-refractivity contribution in [3.63, 3.8) is 0 Å². The van der Waals surface area contributed by atoms with Gasteiger partial charge in [0, 0.05) is 42.8 Å². The topological polar surface area (TPSA) is 95.3 Å². The van der Waals surface area contributed by atoms with Crippen LogP contribution in [0.2, 0.25) is 5.02 Å². The Bertz CT molecular complexity index is 1380. The summed E-state index contributed by atoms with van der Waals surface area (Å²) in [6.07, 6.45) is 16.1. The number of rotatable bonds is 10. The number of phenolic OH excluding ortho intramolecular Hbond substituents is 1. The van der Waals surface area contributed by atoms with Crippen molar-refractivity contribution in [2.75, 3.05) is 18.4 Å². The third-order valence-corrected chi connectivity index (χ3v) is 10.9. The van der Waals surface area contributed by atoms with E-state index in [9.17, 15) is 14.3 Å². The Kier molecular flexibility index (Phi) is 10.2. The van der Waals surface area contributed by atoms with Gasteiger partial charge in [0.15, 0.2) is 0 Å². The lowest BCUT2D eigenvalue weighted by Gasteiger charge is -2.48. The molecule has 242 valence electrons. The second kappa shape index (κ2) is 14.5. The highest BCUT2D eigenvalue weighted by Crippen LogP contribution is 2.47. The highest BCUT2D eigenvalue weighted by molar-refractivity contribution is 6.30. The molecule has 2 heterocycles. The van der Waals surface area contributed by atoms with Crippen molar-refractivity contribution in [1.82, 2.24) is 25.0 Å². The number of carbonyl (C=O) groups is 1. The van der Waals surface area contributed by atoms with Gasteiger partial charge >= 0.3 is 0 Å². The summed E-state index contributed by atoms with van der Waals surface area (Å²) in [5.74, 6) is 0.320. The molecule has 8 nitrogen and oxygen atoms in total. The standard InChI is InChI=1S/C35H46ClFN6O2/c36-27-8-6-25(7-9-27)20-32(41-30-13-11-29(12-14-30)40-31-15-10-28(37)21-33(31)44)34(45)42-18-16-35(17-19-42,22-43-24-38-23-39-43)26-4-2-1-3-5-26/h6-10,15,21,23-24,26,29-30,32,40-41,44H,1-5,11-14,16-20,22H2/t29-,30+,32-/m1/s1. The first-order chi connectivity index (χ1) is 21.9. The van der Waals surface area contributed by atoms with E-state index in [1.807, 2.05) is 35.3 Å². The minimum absolute atomic E-state index is 0.0702. The Morgan fingerprint density at radius 3 is 2.38 bits per heavy atom. The summed E-state index contributed by atoms with van der Waals surface area (Å²) in [5, 5.41) is 22.4. The third kappa shape index (κ3) is 7.98. The molecule has 45 heavy (non-hydrogen) atoms. The van der Waals surface area contributed by atoms with E-state index in [-0.39, 0.29) is 35.2 Å². The van der Waals surface area contributed by atoms with E-state index in [2.05, 4.69) is 25.6 Å². The van der Waals surface area contributed by atoms with E-state index in [1.54, 1.807) is 12.4 Å². The van der Waals surface area contributed by atoms with E-state index in [0.29, 0.717) is 23.0 Å². The lowest BCUT2D eigenvalue weighted by atomic mass is 9.63. The summed E-state index contributed by atoms with van der Waals surface area (Å²) in [7, 11) is 0. The van der Waals surface area contributed by atoms with Crippen LogP contribution in [0.5, 0.6) is 5.75 Å². The predicted octanol–water partition coefficient (Wildman–Crippen LogP) is 6.59. The molecule has 0 radical (unpaired) electrons. The monoisotopic (exact) mass is 636 g/mol. The molecule has 3 aliphatic rings. The zero-order valence-electron chi connectivity index (χ0n) is 26.0. The van der Waals surface area contributed by atoms with E-state index in [0.717, 1.165) is 69.8 Å². The zero-order chi connectivity index (χ0) is 31.2. The molecule has 0 bridgehead atoms.